The predicted molar refractivity (Wildman–Crippen MR) is 71.6 cm³/mol. The minimum absolute atomic E-state index is 0.526. The van der Waals surface area contributed by atoms with E-state index in [1.807, 2.05) is 30.3 Å². The number of rotatable bonds is 4. The molecule has 3 heteroatoms. The van der Waals surface area contributed by atoms with Gasteiger partial charge < -0.3 is 11.2 Å². The van der Waals surface area contributed by atoms with Gasteiger partial charge in [-0.3, -0.25) is 0 Å². The lowest BCUT2D eigenvalue weighted by molar-refractivity contribution is 0.759. The lowest BCUT2D eigenvalue weighted by Crippen LogP contribution is -2.20. The van der Waals surface area contributed by atoms with E-state index in [2.05, 4.69) is 28.8 Å². The van der Waals surface area contributed by atoms with Gasteiger partial charge >= 0.3 is 0 Å². The van der Waals surface area contributed by atoms with Crippen molar-refractivity contribution in [2.75, 3.05) is 6.54 Å². The fraction of sp³-hybridized carbons (Fsp3) is 0.214. The molecule has 0 spiro atoms. The van der Waals surface area contributed by atoms with E-state index in [0.29, 0.717) is 5.84 Å². The van der Waals surface area contributed by atoms with E-state index in [1.165, 1.54) is 5.57 Å². The first kappa shape index (κ1) is 11.5. The van der Waals surface area contributed by atoms with Gasteiger partial charge in [-0.15, -0.1) is 0 Å². The molecular weight excluding hydrogens is 210 g/mol. The molecule has 1 aliphatic carbocycles. The Bertz CT molecular complexity index is 444. The van der Waals surface area contributed by atoms with E-state index in [-0.39, 0.29) is 0 Å². The summed E-state index contributed by atoms with van der Waals surface area (Å²) in [6, 6.07) is 9.76. The average molecular weight is 227 g/mol. The highest BCUT2D eigenvalue weighted by Gasteiger charge is 1.99. The Balaban J connectivity index is 1.88. The highest BCUT2D eigenvalue weighted by Crippen LogP contribution is 2.10. The van der Waals surface area contributed by atoms with Crippen LogP contribution in [0.2, 0.25) is 0 Å². The first-order valence-electron chi connectivity index (χ1n) is 5.82. The SMILES string of the molecule is N/C(=N\NCC1=CC=CCC1)c1ccccc1. The van der Waals surface area contributed by atoms with Crippen LogP contribution in [0, 0.1) is 0 Å². The van der Waals surface area contributed by atoms with E-state index in [1.54, 1.807) is 0 Å². The van der Waals surface area contributed by atoms with Crippen LogP contribution in [0.25, 0.3) is 0 Å². The summed E-state index contributed by atoms with van der Waals surface area (Å²) in [6.45, 7) is 0.762. The highest BCUT2D eigenvalue weighted by molar-refractivity contribution is 5.97. The van der Waals surface area contributed by atoms with Crippen LogP contribution in [-0.2, 0) is 0 Å². The third-order valence-corrected chi connectivity index (χ3v) is 2.68. The molecule has 3 N–H and O–H groups in total. The van der Waals surface area contributed by atoms with Crippen molar-refractivity contribution in [1.29, 1.82) is 0 Å². The van der Waals surface area contributed by atoms with E-state index in [0.717, 1.165) is 24.9 Å². The molecule has 1 aliphatic rings. The molecule has 3 nitrogen and oxygen atoms in total. The second-order valence-corrected chi connectivity index (χ2v) is 3.99. The molecule has 0 unspecified atom stereocenters. The quantitative estimate of drug-likeness (QED) is 0.470. The molecule has 0 aromatic heterocycles. The number of amidine groups is 1. The zero-order valence-corrected chi connectivity index (χ0v) is 9.76. The van der Waals surface area contributed by atoms with Crippen molar-refractivity contribution >= 4 is 5.84 Å². The minimum Gasteiger partial charge on any atom is -0.382 e. The summed E-state index contributed by atoms with van der Waals surface area (Å²) in [6.07, 6.45) is 8.61. The normalized spacial score (nSPS) is 15.5. The van der Waals surface area contributed by atoms with E-state index < -0.39 is 0 Å². The van der Waals surface area contributed by atoms with E-state index in [4.69, 9.17) is 5.73 Å². The maximum atomic E-state index is 5.86. The molecule has 1 aromatic rings. The lowest BCUT2D eigenvalue weighted by Gasteiger charge is -2.08. The number of nitrogens with zero attached hydrogens (tertiary/aromatic N) is 1. The van der Waals surface area contributed by atoms with Gasteiger partial charge in [-0.2, -0.15) is 5.10 Å². The van der Waals surface area contributed by atoms with Gasteiger partial charge in [-0.1, -0.05) is 48.6 Å². The molecule has 0 saturated heterocycles. The molecule has 0 bridgehead atoms. The van der Waals surface area contributed by atoms with Gasteiger partial charge in [0.05, 0.1) is 6.54 Å². The molecule has 88 valence electrons. The second-order valence-electron chi connectivity index (χ2n) is 3.99. The molecule has 0 saturated carbocycles. The minimum atomic E-state index is 0.526. The Labute approximate surface area is 102 Å². The summed E-state index contributed by atoms with van der Waals surface area (Å²) >= 11 is 0. The second kappa shape index (κ2) is 5.89. The van der Waals surface area contributed by atoms with Crippen LogP contribution in [0.1, 0.15) is 18.4 Å². The lowest BCUT2D eigenvalue weighted by atomic mass is 10.1. The van der Waals surface area contributed by atoms with Gasteiger partial charge in [0.1, 0.15) is 0 Å². The standard InChI is InChI=1S/C14H17N3/c15-14(13-9-5-2-6-10-13)17-16-11-12-7-3-1-4-8-12/h1-3,5-7,9-10,16H,4,8,11H2,(H2,15,17). The van der Waals surface area contributed by atoms with Gasteiger partial charge in [0.2, 0.25) is 0 Å². The fourth-order valence-electron chi connectivity index (χ4n) is 1.70. The number of allylic oxidation sites excluding steroid dienone is 3. The number of nitrogens with two attached hydrogens (primary N) is 1. The van der Waals surface area contributed by atoms with Crippen molar-refractivity contribution < 1.29 is 0 Å². The van der Waals surface area contributed by atoms with Crippen LogP contribution >= 0.6 is 0 Å². The van der Waals surface area contributed by atoms with Crippen LogP contribution < -0.4 is 11.2 Å². The Kier molecular flexibility index (Phi) is 3.97. The summed E-state index contributed by atoms with van der Waals surface area (Å²) in [5.74, 6) is 0.526. The number of benzene rings is 1. The van der Waals surface area contributed by atoms with Crippen molar-refractivity contribution in [1.82, 2.24) is 5.43 Å². The van der Waals surface area contributed by atoms with Crippen molar-refractivity contribution in [3.05, 3.63) is 59.7 Å². The first-order chi connectivity index (χ1) is 8.36. The summed E-state index contributed by atoms with van der Waals surface area (Å²) in [5.41, 5.74) is 11.2. The van der Waals surface area contributed by atoms with Crippen molar-refractivity contribution in [3.8, 4) is 0 Å². The highest BCUT2D eigenvalue weighted by atomic mass is 15.3. The van der Waals surface area contributed by atoms with Crippen LogP contribution in [0.5, 0.6) is 0 Å². The Morgan fingerprint density at radius 1 is 1.29 bits per heavy atom. The van der Waals surface area contributed by atoms with Gasteiger partial charge in [0, 0.05) is 5.56 Å². The van der Waals surface area contributed by atoms with Crippen LogP contribution in [0.3, 0.4) is 0 Å². The summed E-state index contributed by atoms with van der Waals surface area (Å²) < 4.78 is 0. The maximum Gasteiger partial charge on any atom is 0.150 e. The van der Waals surface area contributed by atoms with Gasteiger partial charge in [-0.25, -0.2) is 0 Å². The molecule has 0 radical (unpaired) electrons. The van der Waals surface area contributed by atoms with Crippen LogP contribution in [0.4, 0.5) is 0 Å². The molecule has 0 fully saturated rings. The number of hydrazone groups is 1. The molecular formula is C14H17N3. The van der Waals surface area contributed by atoms with Crippen LogP contribution in [-0.4, -0.2) is 12.4 Å². The number of nitrogens with one attached hydrogen (secondary N) is 1. The number of hydrogen-bond acceptors (Lipinski definition) is 2. The summed E-state index contributed by atoms with van der Waals surface area (Å²) in [5, 5.41) is 4.17. The maximum absolute atomic E-state index is 5.86. The monoisotopic (exact) mass is 227 g/mol. The molecule has 1 aromatic carbocycles. The Hall–Kier alpha value is -2.03. The summed E-state index contributed by atoms with van der Waals surface area (Å²) in [4.78, 5) is 0. The summed E-state index contributed by atoms with van der Waals surface area (Å²) in [7, 11) is 0. The molecule has 0 aliphatic heterocycles. The number of hydrogen-bond donors (Lipinski definition) is 2. The molecule has 0 atom stereocenters. The smallest absolute Gasteiger partial charge is 0.150 e. The average Bonchev–Trinajstić information content (AvgIpc) is 2.41. The Morgan fingerprint density at radius 3 is 2.82 bits per heavy atom. The van der Waals surface area contributed by atoms with Gasteiger partial charge in [0.25, 0.3) is 0 Å². The molecule has 2 rings (SSSR count). The zero-order valence-electron chi connectivity index (χ0n) is 9.76. The topological polar surface area (TPSA) is 50.4 Å². The van der Waals surface area contributed by atoms with Crippen molar-refractivity contribution in [3.63, 3.8) is 0 Å². The molecule has 17 heavy (non-hydrogen) atoms. The third-order valence-electron chi connectivity index (χ3n) is 2.68. The predicted octanol–water partition coefficient (Wildman–Crippen LogP) is 2.17. The van der Waals surface area contributed by atoms with Gasteiger partial charge in [-0.05, 0) is 18.4 Å². The zero-order chi connectivity index (χ0) is 11.9. The first-order valence-corrected chi connectivity index (χ1v) is 5.82. The third kappa shape index (κ3) is 3.48. The van der Waals surface area contributed by atoms with Crippen molar-refractivity contribution in [2.45, 2.75) is 12.8 Å². The largest absolute Gasteiger partial charge is 0.382 e. The van der Waals surface area contributed by atoms with E-state index in [9.17, 15) is 0 Å². The van der Waals surface area contributed by atoms with Crippen LogP contribution in [0.15, 0.2) is 59.2 Å². The molecule has 0 heterocycles. The van der Waals surface area contributed by atoms with Crippen molar-refractivity contribution in [2.24, 2.45) is 10.8 Å². The van der Waals surface area contributed by atoms with E-state index >= 15 is 0 Å². The fourth-order valence-corrected chi connectivity index (χ4v) is 1.70. The molecule has 0 amide bonds. The van der Waals surface area contributed by atoms with Gasteiger partial charge in [0.15, 0.2) is 5.84 Å². The Morgan fingerprint density at radius 2 is 2.12 bits per heavy atom.